The van der Waals surface area contributed by atoms with Gasteiger partial charge < -0.3 is 0 Å². The molecule has 11 heavy (non-hydrogen) atoms. The second-order valence-electron chi connectivity index (χ2n) is 2.33. The van der Waals surface area contributed by atoms with Gasteiger partial charge >= 0.3 is 0 Å². The zero-order chi connectivity index (χ0) is 8.27. The van der Waals surface area contributed by atoms with Crippen LogP contribution in [0.1, 0.15) is 19.4 Å². The summed E-state index contributed by atoms with van der Waals surface area (Å²) in [6, 6.07) is 1.77. The van der Waals surface area contributed by atoms with E-state index in [1.807, 2.05) is 13.8 Å². The van der Waals surface area contributed by atoms with Gasteiger partial charge in [0.1, 0.15) is 0 Å². The summed E-state index contributed by atoms with van der Waals surface area (Å²) < 4.78 is 1.47. The summed E-state index contributed by atoms with van der Waals surface area (Å²) in [4.78, 5) is 11.3. The average Bonchev–Trinajstić information content (AvgIpc) is 2.05. The SMILES string of the molecule is CCc1ccnn(CC)c1=O. The molecule has 0 atom stereocenters. The van der Waals surface area contributed by atoms with E-state index in [2.05, 4.69) is 5.10 Å². The minimum atomic E-state index is 0.0394. The maximum Gasteiger partial charge on any atom is 0.269 e. The third-order valence-electron chi connectivity index (χ3n) is 1.67. The maximum atomic E-state index is 11.3. The summed E-state index contributed by atoms with van der Waals surface area (Å²) >= 11 is 0. The van der Waals surface area contributed by atoms with E-state index in [0.29, 0.717) is 6.54 Å². The van der Waals surface area contributed by atoms with E-state index in [0.717, 1.165) is 12.0 Å². The molecular weight excluding hydrogens is 140 g/mol. The second-order valence-corrected chi connectivity index (χ2v) is 2.33. The van der Waals surface area contributed by atoms with Crippen LogP contribution in [0.5, 0.6) is 0 Å². The van der Waals surface area contributed by atoms with Crippen molar-refractivity contribution in [1.82, 2.24) is 9.78 Å². The monoisotopic (exact) mass is 152 g/mol. The molecule has 0 aliphatic rings. The van der Waals surface area contributed by atoms with Crippen molar-refractivity contribution in [2.24, 2.45) is 0 Å². The summed E-state index contributed by atoms with van der Waals surface area (Å²) in [6.07, 6.45) is 2.45. The Bertz CT molecular complexity index is 265. The minimum Gasteiger partial charge on any atom is -0.268 e. The van der Waals surface area contributed by atoms with Crippen LogP contribution in [0.25, 0.3) is 0 Å². The average molecular weight is 152 g/mol. The van der Waals surface area contributed by atoms with Crippen molar-refractivity contribution in [3.63, 3.8) is 0 Å². The molecule has 1 aromatic rings. The zero-order valence-electron chi connectivity index (χ0n) is 6.87. The molecule has 0 aliphatic carbocycles. The van der Waals surface area contributed by atoms with Crippen molar-refractivity contribution in [3.05, 3.63) is 28.2 Å². The van der Waals surface area contributed by atoms with Gasteiger partial charge in [0.2, 0.25) is 0 Å². The highest BCUT2D eigenvalue weighted by Crippen LogP contribution is 1.88. The van der Waals surface area contributed by atoms with Crippen molar-refractivity contribution >= 4 is 0 Å². The fraction of sp³-hybridized carbons (Fsp3) is 0.500. The molecule has 0 aromatic carbocycles. The topological polar surface area (TPSA) is 34.9 Å². The van der Waals surface area contributed by atoms with Crippen LogP contribution in [0, 0.1) is 0 Å². The van der Waals surface area contributed by atoms with E-state index in [1.165, 1.54) is 4.68 Å². The van der Waals surface area contributed by atoms with Crippen molar-refractivity contribution in [3.8, 4) is 0 Å². The fourth-order valence-corrected chi connectivity index (χ4v) is 0.988. The lowest BCUT2D eigenvalue weighted by molar-refractivity contribution is 0.607. The van der Waals surface area contributed by atoms with Crippen LogP contribution in [-0.4, -0.2) is 9.78 Å². The van der Waals surface area contributed by atoms with E-state index in [4.69, 9.17) is 0 Å². The molecule has 0 aliphatic heterocycles. The molecular formula is C8H12N2O. The molecule has 1 aromatic heterocycles. The number of hydrogen-bond acceptors (Lipinski definition) is 2. The van der Waals surface area contributed by atoms with Crippen LogP contribution in [0.4, 0.5) is 0 Å². The predicted octanol–water partition coefficient (Wildman–Crippen LogP) is 0.826. The highest BCUT2D eigenvalue weighted by atomic mass is 16.1. The van der Waals surface area contributed by atoms with Crippen LogP contribution in [-0.2, 0) is 13.0 Å². The van der Waals surface area contributed by atoms with Crippen molar-refractivity contribution in [2.75, 3.05) is 0 Å². The first-order chi connectivity index (χ1) is 5.29. The molecule has 1 heterocycles. The van der Waals surface area contributed by atoms with E-state index in [9.17, 15) is 4.79 Å². The van der Waals surface area contributed by atoms with Gasteiger partial charge in [0.05, 0.1) is 0 Å². The Kier molecular flexibility index (Phi) is 2.41. The lowest BCUT2D eigenvalue weighted by Crippen LogP contribution is -2.24. The molecule has 0 saturated heterocycles. The van der Waals surface area contributed by atoms with Gasteiger partial charge in [-0.2, -0.15) is 5.10 Å². The van der Waals surface area contributed by atoms with Gasteiger partial charge in [-0.15, -0.1) is 0 Å². The van der Waals surface area contributed by atoms with Crippen LogP contribution in [0.3, 0.4) is 0 Å². The standard InChI is InChI=1S/C8H12N2O/c1-3-7-5-6-9-10(4-2)8(7)11/h5-6H,3-4H2,1-2H3. The minimum absolute atomic E-state index is 0.0394. The van der Waals surface area contributed by atoms with Gasteiger partial charge in [0, 0.05) is 18.3 Å². The van der Waals surface area contributed by atoms with Crippen LogP contribution < -0.4 is 5.56 Å². The first-order valence-corrected chi connectivity index (χ1v) is 3.84. The van der Waals surface area contributed by atoms with Gasteiger partial charge in [-0.25, -0.2) is 4.68 Å². The van der Waals surface area contributed by atoms with E-state index < -0.39 is 0 Å². The lowest BCUT2D eigenvalue weighted by Gasteiger charge is -2.00. The first-order valence-electron chi connectivity index (χ1n) is 3.84. The quantitative estimate of drug-likeness (QED) is 0.629. The third-order valence-corrected chi connectivity index (χ3v) is 1.67. The van der Waals surface area contributed by atoms with E-state index in [-0.39, 0.29) is 5.56 Å². The van der Waals surface area contributed by atoms with Crippen LogP contribution >= 0.6 is 0 Å². The number of nitrogens with zero attached hydrogens (tertiary/aromatic N) is 2. The van der Waals surface area contributed by atoms with Crippen molar-refractivity contribution in [1.29, 1.82) is 0 Å². The molecule has 3 heteroatoms. The maximum absolute atomic E-state index is 11.3. The van der Waals surface area contributed by atoms with Crippen molar-refractivity contribution in [2.45, 2.75) is 26.8 Å². The Morgan fingerprint density at radius 3 is 2.82 bits per heavy atom. The molecule has 3 nitrogen and oxygen atoms in total. The van der Waals surface area contributed by atoms with E-state index in [1.54, 1.807) is 12.3 Å². The molecule has 0 spiro atoms. The summed E-state index contributed by atoms with van der Waals surface area (Å²) in [5.74, 6) is 0. The molecule has 1 rings (SSSR count). The highest BCUT2D eigenvalue weighted by molar-refractivity contribution is 5.05. The Hall–Kier alpha value is -1.12. The second kappa shape index (κ2) is 3.32. The number of aryl methyl sites for hydroxylation is 2. The van der Waals surface area contributed by atoms with Gasteiger partial charge in [0.25, 0.3) is 5.56 Å². The number of rotatable bonds is 2. The fourth-order valence-electron chi connectivity index (χ4n) is 0.988. The molecule has 60 valence electrons. The summed E-state index contributed by atoms with van der Waals surface area (Å²) in [5.41, 5.74) is 0.874. The molecule has 0 saturated carbocycles. The molecule has 0 unspecified atom stereocenters. The Balaban J connectivity index is 3.21. The highest BCUT2D eigenvalue weighted by Gasteiger charge is 1.98. The number of hydrogen-bond donors (Lipinski definition) is 0. The van der Waals surface area contributed by atoms with Crippen LogP contribution in [0.15, 0.2) is 17.1 Å². The molecule has 0 N–H and O–H groups in total. The summed E-state index contributed by atoms with van der Waals surface area (Å²) in [6.45, 7) is 4.53. The molecule has 0 fully saturated rings. The summed E-state index contributed by atoms with van der Waals surface area (Å²) in [7, 11) is 0. The van der Waals surface area contributed by atoms with Gasteiger partial charge in [-0.1, -0.05) is 6.92 Å². The largest absolute Gasteiger partial charge is 0.269 e. The first kappa shape index (κ1) is 7.98. The van der Waals surface area contributed by atoms with Crippen molar-refractivity contribution < 1.29 is 0 Å². The van der Waals surface area contributed by atoms with E-state index >= 15 is 0 Å². The zero-order valence-corrected chi connectivity index (χ0v) is 6.87. The third kappa shape index (κ3) is 1.48. The van der Waals surface area contributed by atoms with Gasteiger partial charge in [-0.3, -0.25) is 4.79 Å². The Morgan fingerprint density at radius 2 is 2.27 bits per heavy atom. The predicted molar refractivity (Wildman–Crippen MR) is 43.5 cm³/mol. The lowest BCUT2D eigenvalue weighted by atomic mass is 10.2. The molecule has 0 radical (unpaired) electrons. The smallest absolute Gasteiger partial charge is 0.268 e. The molecule has 0 bridgehead atoms. The molecule has 0 amide bonds. The Labute approximate surface area is 65.7 Å². The van der Waals surface area contributed by atoms with Gasteiger partial charge in [0.15, 0.2) is 0 Å². The van der Waals surface area contributed by atoms with Crippen LogP contribution in [0.2, 0.25) is 0 Å². The summed E-state index contributed by atoms with van der Waals surface area (Å²) in [5, 5.41) is 3.91. The number of aromatic nitrogens is 2. The normalized spacial score (nSPS) is 10.0. The van der Waals surface area contributed by atoms with Gasteiger partial charge in [-0.05, 0) is 19.4 Å². The Morgan fingerprint density at radius 1 is 1.55 bits per heavy atom.